The molecule has 0 saturated heterocycles. The lowest BCUT2D eigenvalue weighted by atomic mass is 10.3. The Morgan fingerprint density at radius 1 is 1.16 bits per heavy atom. The summed E-state index contributed by atoms with van der Waals surface area (Å²) in [6.07, 6.45) is -4.78. The van der Waals surface area contributed by atoms with Crippen molar-refractivity contribution in [3.05, 3.63) is 57.5 Å². The van der Waals surface area contributed by atoms with Crippen molar-refractivity contribution in [3.63, 3.8) is 0 Å². The highest BCUT2D eigenvalue weighted by molar-refractivity contribution is 7.15. The van der Waals surface area contributed by atoms with E-state index in [0.29, 0.717) is 5.69 Å². The van der Waals surface area contributed by atoms with Crippen molar-refractivity contribution in [2.45, 2.75) is 26.8 Å². The molecule has 2 aromatic heterocycles. The zero-order chi connectivity index (χ0) is 22.6. The Morgan fingerprint density at radius 3 is 2.48 bits per heavy atom. The van der Waals surface area contributed by atoms with Gasteiger partial charge < -0.3 is 15.4 Å². The number of ether oxygens (including phenoxy) is 1. The molecular formula is C19H18F3N5O3S. The van der Waals surface area contributed by atoms with E-state index in [1.54, 1.807) is 6.07 Å². The van der Waals surface area contributed by atoms with Gasteiger partial charge in [-0.2, -0.15) is 5.10 Å². The Balaban J connectivity index is 1.55. The lowest BCUT2D eigenvalue weighted by Crippen LogP contribution is -2.34. The van der Waals surface area contributed by atoms with Gasteiger partial charge in [0.25, 0.3) is 5.56 Å². The van der Waals surface area contributed by atoms with E-state index in [9.17, 15) is 22.8 Å². The van der Waals surface area contributed by atoms with Gasteiger partial charge in [0.05, 0.1) is 22.1 Å². The van der Waals surface area contributed by atoms with Crippen LogP contribution in [0.15, 0.2) is 41.2 Å². The molecule has 1 aromatic carbocycles. The summed E-state index contributed by atoms with van der Waals surface area (Å²) in [5.41, 5.74) is 1.41. The molecule has 2 N–H and O–H groups in total. The second kappa shape index (κ2) is 9.16. The topological polar surface area (TPSA) is 98.1 Å². The molecule has 0 aliphatic heterocycles. The SMILES string of the molecule is Cc1nc(C)c(-c2ccc(=O)n(CCNC(=O)Nc3ccc(OC(F)(F)F)cc3)n2)s1. The number of hydrogen-bond donors (Lipinski definition) is 2. The molecule has 0 radical (unpaired) electrons. The standard InChI is InChI=1S/C19H18F3N5O3S/c1-11-17(31-12(2)24-11)15-7-8-16(28)27(26-15)10-9-23-18(29)25-13-3-5-14(6-4-13)30-19(20,21)22/h3-8H,9-10H2,1-2H3,(H2,23,25,29). The number of hydrogen-bond acceptors (Lipinski definition) is 6. The van der Waals surface area contributed by atoms with Gasteiger partial charge in [0, 0.05) is 18.3 Å². The number of anilines is 1. The molecule has 164 valence electrons. The van der Waals surface area contributed by atoms with E-state index in [1.165, 1.54) is 34.2 Å². The number of nitrogens with one attached hydrogen (secondary N) is 2. The number of carbonyl (C=O) groups is 1. The normalized spacial score (nSPS) is 11.3. The van der Waals surface area contributed by atoms with E-state index >= 15 is 0 Å². The third-order valence-electron chi connectivity index (χ3n) is 3.96. The van der Waals surface area contributed by atoms with Crippen LogP contribution < -0.4 is 20.9 Å². The summed E-state index contributed by atoms with van der Waals surface area (Å²) in [6.45, 7) is 3.99. The number of carbonyl (C=O) groups excluding carboxylic acids is 1. The van der Waals surface area contributed by atoms with Crippen molar-refractivity contribution in [1.82, 2.24) is 20.1 Å². The summed E-state index contributed by atoms with van der Waals surface area (Å²) in [7, 11) is 0. The highest BCUT2D eigenvalue weighted by Gasteiger charge is 2.30. The van der Waals surface area contributed by atoms with Crippen LogP contribution >= 0.6 is 11.3 Å². The number of halogens is 3. The Kier molecular flexibility index (Phi) is 6.59. The van der Waals surface area contributed by atoms with Gasteiger partial charge in [0.15, 0.2) is 0 Å². The zero-order valence-electron chi connectivity index (χ0n) is 16.5. The van der Waals surface area contributed by atoms with Gasteiger partial charge in [-0.15, -0.1) is 24.5 Å². The van der Waals surface area contributed by atoms with E-state index < -0.39 is 18.1 Å². The molecule has 3 rings (SSSR count). The number of thiazole rings is 1. The first-order valence-corrected chi connectivity index (χ1v) is 9.85. The van der Waals surface area contributed by atoms with Crippen molar-refractivity contribution in [2.75, 3.05) is 11.9 Å². The molecule has 0 aliphatic carbocycles. The predicted molar refractivity (Wildman–Crippen MR) is 109 cm³/mol. The van der Waals surface area contributed by atoms with Crippen LogP contribution in [0.5, 0.6) is 5.75 Å². The summed E-state index contributed by atoms with van der Waals surface area (Å²) in [5.74, 6) is -0.393. The second-order valence-electron chi connectivity index (χ2n) is 6.38. The van der Waals surface area contributed by atoms with Gasteiger partial charge in [-0.05, 0) is 44.2 Å². The number of urea groups is 1. The molecule has 0 aliphatic rings. The summed E-state index contributed by atoms with van der Waals surface area (Å²) in [6, 6.07) is 7.17. The minimum atomic E-state index is -4.78. The van der Waals surface area contributed by atoms with Crippen LogP contribution in [0.3, 0.4) is 0 Å². The first-order chi connectivity index (χ1) is 14.6. The molecule has 12 heteroatoms. The van der Waals surface area contributed by atoms with Crippen LogP contribution in [0, 0.1) is 13.8 Å². The number of aromatic nitrogens is 3. The van der Waals surface area contributed by atoms with Gasteiger partial charge in [0.2, 0.25) is 0 Å². The minimum absolute atomic E-state index is 0.109. The van der Waals surface area contributed by atoms with Crippen LogP contribution in [-0.2, 0) is 6.54 Å². The van der Waals surface area contributed by atoms with Crippen molar-refractivity contribution >= 4 is 23.1 Å². The molecule has 2 heterocycles. The number of aryl methyl sites for hydroxylation is 2. The average Bonchev–Trinajstić information content (AvgIpc) is 3.02. The van der Waals surface area contributed by atoms with Crippen LogP contribution in [-0.4, -0.2) is 33.7 Å². The molecule has 2 amide bonds. The van der Waals surface area contributed by atoms with E-state index in [4.69, 9.17) is 0 Å². The van der Waals surface area contributed by atoms with Crippen LogP contribution in [0.1, 0.15) is 10.7 Å². The molecule has 0 saturated carbocycles. The fraction of sp³-hybridized carbons (Fsp3) is 0.263. The maximum absolute atomic E-state index is 12.2. The Bertz CT molecular complexity index is 1130. The van der Waals surface area contributed by atoms with Gasteiger partial charge in [0.1, 0.15) is 11.4 Å². The number of nitrogens with zero attached hydrogens (tertiary/aromatic N) is 3. The third-order valence-corrected chi connectivity index (χ3v) is 5.05. The van der Waals surface area contributed by atoms with Crippen molar-refractivity contribution < 1.29 is 22.7 Å². The molecule has 0 spiro atoms. The first kappa shape index (κ1) is 22.3. The first-order valence-electron chi connectivity index (χ1n) is 9.04. The quantitative estimate of drug-likeness (QED) is 0.593. The van der Waals surface area contributed by atoms with Crippen molar-refractivity contribution in [1.29, 1.82) is 0 Å². The summed E-state index contributed by atoms with van der Waals surface area (Å²) in [4.78, 5) is 29.3. The fourth-order valence-corrected chi connectivity index (χ4v) is 3.57. The lowest BCUT2D eigenvalue weighted by Gasteiger charge is -2.11. The summed E-state index contributed by atoms with van der Waals surface area (Å²) < 4.78 is 41.5. The van der Waals surface area contributed by atoms with Crippen molar-refractivity contribution in [2.24, 2.45) is 0 Å². The Morgan fingerprint density at radius 2 is 1.87 bits per heavy atom. The largest absolute Gasteiger partial charge is 0.573 e. The highest BCUT2D eigenvalue weighted by Crippen LogP contribution is 2.27. The second-order valence-corrected chi connectivity index (χ2v) is 7.58. The summed E-state index contributed by atoms with van der Waals surface area (Å²) in [5, 5.41) is 10.3. The zero-order valence-corrected chi connectivity index (χ0v) is 17.3. The number of rotatable bonds is 6. The highest BCUT2D eigenvalue weighted by atomic mass is 32.1. The van der Waals surface area contributed by atoms with Crippen LogP contribution in [0.25, 0.3) is 10.6 Å². The molecule has 0 atom stereocenters. The molecule has 3 aromatic rings. The lowest BCUT2D eigenvalue weighted by molar-refractivity contribution is -0.274. The van der Waals surface area contributed by atoms with Gasteiger partial charge in [-0.25, -0.2) is 14.5 Å². The monoisotopic (exact) mass is 453 g/mol. The molecule has 0 fully saturated rings. The molecule has 8 nitrogen and oxygen atoms in total. The minimum Gasteiger partial charge on any atom is -0.406 e. The molecular weight excluding hydrogens is 435 g/mol. The van der Waals surface area contributed by atoms with Gasteiger partial charge in [-0.1, -0.05) is 0 Å². The van der Waals surface area contributed by atoms with Crippen LogP contribution in [0.4, 0.5) is 23.7 Å². The van der Waals surface area contributed by atoms with E-state index in [0.717, 1.165) is 27.7 Å². The van der Waals surface area contributed by atoms with E-state index in [-0.39, 0.29) is 24.3 Å². The fourth-order valence-electron chi connectivity index (χ4n) is 2.69. The Labute approximate surface area is 178 Å². The number of amides is 2. The maximum Gasteiger partial charge on any atom is 0.573 e. The number of alkyl halides is 3. The summed E-state index contributed by atoms with van der Waals surface area (Å²) >= 11 is 1.48. The molecule has 0 unspecified atom stereocenters. The van der Waals surface area contributed by atoms with Crippen molar-refractivity contribution in [3.8, 4) is 16.3 Å². The smallest absolute Gasteiger partial charge is 0.406 e. The molecule has 31 heavy (non-hydrogen) atoms. The number of benzene rings is 1. The Hall–Kier alpha value is -3.41. The van der Waals surface area contributed by atoms with Gasteiger partial charge in [-0.3, -0.25) is 4.79 Å². The average molecular weight is 453 g/mol. The van der Waals surface area contributed by atoms with E-state index in [1.807, 2.05) is 13.8 Å². The molecule has 0 bridgehead atoms. The third kappa shape index (κ3) is 6.28. The van der Waals surface area contributed by atoms with Crippen LogP contribution in [0.2, 0.25) is 0 Å². The predicted octanol–water partition coefficient (Wildman–Crippen LogP) is 3.70. The van der Waals surface area contributed by atoms with Gasteiger partial charge >= 0.3 is 12.4 Å². The van der Waals surface area contributed by atoms with E-state index in [2.05, 4.69) is 25.5 Å². The maximum atomic E-state index is 12.2.